The zero-order valence-corrected chi connectivity index (χ0v) is 18.8. The summed E-state index contributed by atoms with van der Waals surface area (Å²) in [6, 6.07) is 23.5. The van der Waals surface area contributed by atoms with Crippen molar-refractivity contribution < 1.29 is 4.79 Å². The Morgan fingerprint density at radius 2 is 1.72 bits per heavy atom. The van der Waals surface area contributed by atoms with E-state index in [0.717, 1.165) is 22.6 Å². The number of para-hydroxylation sites is 1. The van der Waals surface area contributed by atoms with E-state index in [1.165, 1.54) is 11.8 Å². The van der Waals surface area contributed by atoms with Crippen molar-refractivity contribution in [3.8, 4) is 11.5 Å². The number of hydrogen-bond acceptors (Lipinski definition) is 6. The summed E-state index contributed by atoms with van der Waals surface area (Å²) in [7, 11) is 4.03. The van der Waals surface area contributed by atoms with Crippen LogP contribution in [0.15, 0.2) is 84.1 Å². The van der Waals surface area contributed by atoms with Crippen molar-refractivity contribution in [3.63, 3.8) is 0 Å². The summed E-state index contributed by atoms with van der Waals surface area (Å²) in [4.78, 5) is 18.9. The lowest BCUT2D eigenvalue weighted by Gasteiger charge is -2.14. The minimum Gasteiger partial charge on any atom is -0.378 e. The average Bonchev–Trinajstić information content (AvgIpc) is 3.21. The number of hydrogen-bond donors (Lipinski definition) is 1. The highest BCUT2D eigenvalue weighted by Gasteiger charge is 2.17. The van der Waals surface area contributed by atoms with E-state index in [-0.39, 0.29) is 11.7 Å². The third-order valence-corrected chi connectivity index (χ3v) is 5.76. The van der Waals surface area contributed by atoms with Gasteiger partial charge in [0.05, 0.1) is 12.3 Å². The number of rotatable bonds is 8. The van der Waals surface area contributed by atoms with Crippen molar-refractivity contribution >= 4 is 29.0 Å². The molecule has 0 saturated heterocycles. The second-order valence-electron chi connectivity index (χ2n) is 7.37. The Kier molecular flexibility index (Phi) is 6.81. The molecule has 0 unspecified atom stereocenters. The standard InChI is InChI=1S/C24H24N6OS/c1-29(2)20-13-11-18(12-14-20)16-30-23(21-10-6-7-15-25-21)27-28-24(30)32-17-22(31)26-19-8-4-3-5-9-19/h3-15H,16-17H2,1-2H3,(H,26,31). The van der Waals surface area contributed by atoms with Gasteiger partial charge in [-0.05, 0) is 42.0 Å². The first-order valence-electron chi connectivity index (χ1n) is 10.2. The molecule has 7 nitrogen and oxygen atoms in total. The number of aromatic nitrogens is 4. The molecule has 32 heavy (non-hydrogen) atoms. The Bertz CT molecular complexity index is 1160. The van der Waals surface area contributed by atoms with Gasteiger partial charge in [0.1, 0.15) is 5.69 Å². The molecule has 1 amide bonds. The molecule has 0 fully saturated rings. The Labute approximate surface area is 191 Å². The predicted octanol–water partition coefficient (Wildman–Crippen LogP) is 4.19. The second-order valence-corrected chi connectivity index (χ2v) is 8.31. The molecule has 0 bridgehead atoms. The topological polar surface area (TPSA) is 75.9 Å². The van der Waals surface area contributed by atoms with Crippen LogP contribution in [-0.2, 0) is 11.3 Å². The molecule has 1 N–H and O–H groups in total. The maximum atomic E-state index is 12.4. The van der Waals surface area contributed by atoms with Crippen LogP contribution in [0.5, 0.6) is 0 Å². The van der Waals surface area contributed by atoms with E-state index in [2.05, 4.69) is 49.7 Å². The fourth-order valence-corrected chi connectivity index (χ4v) is 3.89. The Balaban J connectivity index is 1.55. The molecular formula is C24H24N6OS. The van der Waals surface area contributed by atoms with Crippen molar-refractivity contribution in [2.75, 3.05) is 30.1 Å². The molecule has 0 radical (unpaired) electrons. The first kappa shape index (κ1) is 21.6. The highest BCUT2D eigenvalue weighted by atomic mass is 32.2. The lowest BCUT2D eigenvalue weighted by molar-refractivity contribution is -0.113. The van der Waals surface area contributed by atoms with Crippen LogP contribution in [0.3, 0.4) is 0 Å². The summed E-state index contributed by atoms with van der Waals surface area (Å²) in [5.41, 5.74) is 3.76. The van der Waals surface area contributed by atoms with Gasteiger partial charge in [-0.2, -0.15) is 0 Å². The van der Waals surface area contributed by atoms with Gasteiger partial charge in [0, 0.05) is 31.7 Å². The zero-order chi connectivity index (χ0) is 22.3. The van der Waals surface area contributed by atoms with Crippen LogP contribution in [0.2, 0.25) is 0 Å². The van der Waals surface area contributed by atoms with E-state index in [4.69, 9.17) is 0 Å². The number of carbonyl (C=O) groups is 1. The Morgan fingerprint density at radius 3 is 2.41 bits per heavy atom. The molecule has 162 valence electrons. The summed E-state index contributed by atoms with van der Waals surface area (Å²) in [5, 5.41) is 12.3. The minimum absolute atomic E-state index is 0.0922. The molecule has 0 aliphatic heterocycles. The quantitative estimate of drug-likeness (QED) is 0.411. The first-order chi connectivity index (χ1) is 15.6. The number of nitrogens with zero attached hydrogens (tertiary/aromatic N) is 5. The molecule has 2 aromatic heterocycles. The van der Waals surface area contributed by atoms with Crippen molar-refractivity contribution in [1.29, 1.82) is 0 Å². The summed E-state index contributed by atoms with van der Waals surface area (Å²) in [6.45, 7) is 0.579. The summed E-state index contributed by atoms with van der Waals surface area (Å²) in [6.07, 6.45) is 1.74. The maximum absolute atomic E-state index is 12.4. The minimum atomic E-state index is -0.0922. The largest absolute Gasteiger partial charge is 0.378 e. The average molecular weight is 445 g/mol. The van der Waals surface area contributed by atoms with Gasteiger partial charge in [-0.1, -0.05) is 48.2 Å². The highest BCUT2D eigenvalue weighted by molar-refractivity contribution is 7.99. The predicted molar refractivity (Wildman–Crippen MR) is 129 cm³/mol. The molecule has 0 saturated carbocycles. The molecule has 0 aliphatic carbocycles. The Morgan fingerprint density at radius 1 is 0.969 bits per heavy atom. The third-order valence-electron chi connectivity index (χ3n) is 4.79. The molecule has 0 atom stereocenters. The number of nitrogens with one attached hydrogen (secondary N) is 1. The van der Waals surface area contributed by atoms with Gasteiger partial charge in [0.2, 0.25) is 5.91 Å². The van der Waals surface area contributed by atoms with Crippen LogP contribution in [0.4, 0.5) is 11.4 Å². The molecule has 8 heteroatoms. The van der Waals surface area contributed by atoms with Gasteiger partial charge in [-0.25, -0.2) is 0 Å². The molecule has 0 aliphatic rings. The summed E-state index contributed by atoms with van der Waals surface area (Å²) >= 11 is 1.36. The van der Waals surface area contributed by atoms with Gasteiger partial charge in [-0.3, -0.25) is 14.3 Å². The van der Waals surface area contributed by atoms with Gasteiger partial charge < -0.3 is 10.2 Å². The number of benzene rings is 2. The molecule has 0 spiro atoms. The third kappa shape index (κ3) is 5.33. The Hall–Kier alpha value is -3.65. The number of thioether (sulfide) groups is 1. The highest BCUT2D eigenvalue weighted by Crippen LogP contribution is 2.25. The van der Waals surface area contributed by atoms with E-state index in [1.807, 2.05) is 67.2 Å². The smallest absolute Gasteiger partial charge is 0.234 e. The van der Waals surface area contributed by atoms with Crippen LogP contribution in [0.1, 0.15) is 5.56 Å². The fourth-order valence-electron chi connectivity index (χ4n) is 3.15. The van der Waals surface area contributed by atoms with Gasteiger partial charge >= 0.3 is 0 Å². The normalized spacial score (nSPS) is 10.7. The van der Waals surface area contributed by atoms with Crippen LogP contribution >= 0.6 is 11.8 Å². The van der Waals surface area contributed by atoms with Crippen molar-refractivity contribution in [1.82, 2.24) is 19.7 Å². The van der Waals surface area contributed by atoms with Crippen molar-refractivity contribution in [3.05, 3.63) is 84.6 Å². The molecule has 4 aromatic rings. The molecule has 4 rings (SSSR count). The maximum Gasteiger partial charge on any atom is 0.234 e. The number of carbonyl (C=O) groups excluding carboxylic acids is 1. The van der Waals surface area contributed by atoms with Crippen LogP contribution < -0.4 is 10.2 Å². The lowest BCUT2D eigenvalue weighted by atomic mass is 10.2. The van der Waals surface area contributed by atoms with Crippen LogP contribution in [0.25, 0.3) is 11.5 Å². The van der Waals surface area contributed by atoms with Crippen molar-refractivity contribution in [2.45, 2.75) is 11.7 Å². The molecular weight excluding hydrogens is 420 g/mol. The first-order valence-corrected chi connectivity index (χ1v) is 11.2. The van der Waals surface area contributed by atoms with Gasteiger partial charge in [-0.15, -0.1) is 10.2 Å². The number of amides is 1. The van der Waals surface area contributed by atoms with E-state index >= 15 is 0 Å². The monoisotopic (exact) mass is 444 g/mol. The van der Waals surface area contributed by atoms with E-state index in [1.54, 1.807) is 6.20 Å². The van der Waals surface area contributed by atoms with Gasteiger partial charge in [0.25, 0.3) is 0 Å². The van der Waals surface area contributed by atoms with E-state index < -0.39 is 0 Å². The fraction of sp³-hybridized carbons (Fsp3) is 0.167. The zero-order valence-electron chi connectivity index (χ0n) is 18.0. The summed E-state index contributed by atoms with van der Waals surface area (Å²) in [5.74, 6) is 0.813. The van der Waals surface area contributed by atoms with Gasteiger partial charge in [0.15, 0.2) is 11.0 Å². The van der Waals surface area contributed by atoms with Crippen LogP contribution in [0, 0.1) is 0 Å². The SMILES string of the molecule is CN(C)c1ccc(Cn2c(SCC(=O)Nc3ccccc3)nnc2-c2ccccn2)cc1. The second kappa shape index (κ2) is 10.1. The molecule has 2 heterocycles. The van der Waals surface area contributed by atoms with E-state index in [9.17, 15) is 4.79 Å². The lowest BCUT2D eigenvalue weighted by Crippen LogP contribution is -2.14. The van der Waals surface area contributed by atoms with E-state index in [0.29, 0.717) is 17.5 Å². The summed E-state index contributed by atoms with van der Waals surface area (Å²) < 4.78 is 2.01. The van der Waals surface area contributed by atoms with Crippen LogP contribution in [-0.4, -0.2) is 45.5 Å². The van der Waals surface area contributed by atoms with Crippen molar-refractivity contribution in [2.24, 2.45) is 0 Å². The number of pyridine rings is 1. The molecule has 2 aromatic carbocycles. The number of anilines is 2.